The molecule has 0 spiro atoms. The first kappa shape index (κ1) is 30.5. The predicted octanol–water partition coefficient (Wildman–Crippen LogP) is 6.08. The van der Waals surface area contributed by atoms with Crippen LogP contribution >= 0.6 is 0 Å². The van der Waals surface area contributed by atoms with Gasteiger partial charge < -0.3 is 20.7 Å². The van der Waals surface area contributed by atoms with Gasteiger partial charge in [0.1, 0.15) is 11.6 Å². The maximum Gasteiger partial charge on any atom is 0.491 e. The van der Waals surface area contributed by atoms with Crippen LogP contribution in [-0.2, 0) is 27.5 Å². The van der Waals surface area contributed by atoms with Crippen LogP contribution < -0.4 is 16.0 Å². The molecule has 10 nitrogen and oxygen atoms in total. The van der Waals surface area contributed by atoms with Gasteiger partial charge in [-0.15, -0.1) is 0 Å². The molecular formula is C26H18F7N7O3. The predicted molar refractivity (Wildman–Crippen MR) is 139 cm³/mol. The van der Waals surface area contributed by atoms with E-state index in [1.165, 1.54) is 23.0 Å². The van der Waals surface area contributed by atoms with E-state index in [1.54, 1.807) is 19.3 Å². The Balaban J connectivity index is 1.64. The number of hydrogen-bond acceptors (Lipinski definition) is 8. The van der Waals surface area contributed by atoms with E-state index in [-0.39, 0.29) is 34.3 Å². The molecule has 2 aromatic carbocycles. The zero-order valence-electron chi connectivity index (χ0n) is 21.6. The molecule has 4 rings (SSSR count). The van der Waals surface area contributed by atoms with Crippen molar-refractivity contribution in [2.75, 3.05) is 16.0 Å². The summed E-state index contributed by atoms with van der Waals surface area (Å²) >= 11 is 0. The molecule has 2 aromatic heterocycles. The van der Waals surface area contributed by atoms with Crippen molar-refractivity contribution in [3.63, 3.8) is 0 Å². The molecule has 17 heteroatoms. The Kier molecular flexibility index (Phi) is 8.36. The Hall–Kier alpha value is -5.48. The lowest BCUT2D eigenvalue weighted by atomic mass is 10.1. The van der Waals surface area contributed by atoms with E-state index in [0.29, 0.717) is 5.82 Å². The lowest BCUT2D eigenvalue weighted by molar-refractivity contribution is -0.195. The molecule has 0 saturated heterocycles. The van der Waals surface area contributed by atoms with Crippen molar-refractivity contribution in [3.05, 3.63) is 84.6 Å². The smallest absolute Gasteiger partial charge is 0.415 e. The molecule has 0 bridgehead atoms. The molecule has 0 fully saturated rings. The van der Waals surface area contributed by atoms with Crippen LogP contribution in [0.25, 0.3) is 11.1 Å². The lowest BCUT2D eigenvalue weighted by Crippen LogP contribution is -2.28. The van der Waals surface area contributed by atoms with Crippen LogP contribution in [0.2, 0.25) is 0 Å². The normalized spacial score (nSPS) is 11.5. The number of aryl methyl sites for hydroxylation is 1. The van der Waals surface area contributed by atoms with Gasteiger partial charge in [-0.3, -0.25) is 9.48 Å². The van der Waals surface area contributed by atoms with Crippen LogP contribution in [0.1, 0.15) is 5.56 Å². The molecule has 0 aliphatic heterocycles. The van der Waals surface area contributed by atoms with Crippen LogP contribution in [0.5, 0.6) is 0 Å². The Morgan fingerprint density at radius 3 is 2.28 bits per heavy atom. The summed E-state index contributed by atoms with van der Waals surface area (Å²) in [6.07, 6.45) is -7.06. The highest BCUT2D eigenvalue weighted by molar-refractivity contribution is 6.03. The van der Waals surface area contributed by atoms with Gasteiger partial charge in [-0.05, 0) is 35.9 Å². The number of carbonyl (C=O) groups is 2. The molecule has 0 aliphatic carbocycles. The number of esters is 1. The second kappa shape index (κ2) is 11.8. The molecule has 43 heavy (non-hydrogen) atoms. The van der Waals surface area contributed by atoms with E-state index < -0.39 is 41.4 Å². The van der Waals surface area contributed by atoms with Gasteiger partial charge >= 0.3 is 18.3 Å². The van der Waals surface area contributed by atoms with Crippen molar-refractivity contribution in [3.8, 4) is 11.1 Å². The summed E-state index contributed by atoms with van der Waals surface area (Å²) in [5, 5.41) is 11.8. The molecule has 0 radical (unpaired) electrons. The van der Waals surface area contributed by atoms with Crippen molar-refractivity contribution in [1.29, 1.82) is 0 Å². The first-order valence-corrected chi connectivity index (χ1v) is 11.8. The number of halogens is 7. The third-order valence-electron chi connectivity index (χ3n) is 5.44. The van der Waals surface area contributed by atoms with Crippen molar-refractivity contribution in [2.24, 2.45) is 7.05 Å². The Bertz CT molecular complexity index is 1680. The minimum atomic E-state index is -5.37. The Labute approximate surface area is 237 Å². The van der Waals surface area contributed by atoms with E-state index in [0.717, 1.165) is 30.3 Å². The largest absolute Gasteiger partial charge is 0.491 e. The molecule has 0 unspecified atom stereocenters. The molecule has 224 valence electrons. The number of aromatic nitrogens is 4. The third-order valence-corrected chi connectivity index (χ3v) is 5.44. The molecule has 0 saturated carbocycles. The molecular weight excluding hydrogens is 591 g/mol. The average molecular weight is 609 g/mol. The number of hydrogen-bond donors (Lipinski definition) is 3. The standard InChI is InChI=1S/C26H18F7N7O3/c1-13(43-23(42)26(31,32)33)22(41)35-16-7-8-18(27)19(11-16)36-21-17(14-3-5-15(6-4-14)25(28,29)30)12-34-24(38-21)37-20-9-10-40(2)39-20/h3-12H,1H2,2H3,(H,35,41)(H2,34,36,37,38,39). The summed E-state index contributed by atoms with van der Waals surface area (Å²) in [6.45, 7) is 2.98. The number of rotatable bonds is 8. The van der Waals surface area contributed by atoms with E-state index in [4.69, 9.17) is 0 Å². The monoisotopic (exact) mass is 609 g/mol. The maximum absolute atomic E-state index is 14.8. The van der Waals surface area contributed by atoms with Crippen LogP contribution in [0.3, 0.4) is 0 Å². The first-order chi connectivity index (χ1) is 20.1. The summed E-state index contributed by atoms with van der Waals surface area (Å²) in [4.78, 5) is 31.6. The zero-order chi connectivity index (χ0) is 31.5. The van der Waals surface area contributed by atoms with Crippen LogP contribution in [0.4, 0.5) is 59.7 Å². The number of nitrogens with zero attached hydrogens (tertiary/aromatic N) is 4. The van der Waals surface area contributed by atoms with Gasteiger partial charge in [0, 0.05) is 36.8 Å². The number of ether oxygens (including phenoxy) is 1. The SMILES string of the molecule is C=C(OC(=O)C(F)(F)F)C(=O)Nc1ccc(F)c(Nc2nc(Nc3ccn(C)n3)ncc2-c2ccc(C(F)(F)F)cc2)c1. The van der Waals surface area contributed by atoms with Gasteiger partial charge in [-0.2, -0.15) is 36.4 Å². The minimum absolute atomic E-state index is 0.0236. The molecule has 1 amide bonds. The van der Waals surface area contributed by atoms with Gasteiger partial charge in [0.25, 0.3) is 5.91 Å². The fourth-order valence-electron chi connectivity index (χ4n) is 3.43. The highest BCUT2D eigenvalue weighted by Crippen LogP contribution is 2.34. The maximum atomic E-state index is 14.8. The van der Waals surface area contributed by atoms with Gasteiger partial charge in [-0.1, -0.05) is 18.7 Å². The topological polar surface area (TPSA) is 123 Å². The second-order valence-electron chi connectivity index (χ2n) is 8.61. The quantitative estimate of drug-likeness (QED) is 0.0951. The molecule has 0 aliphatic rings. The van der Waals surface area contributed by atoms with E-state index in [9.17, 15) is 40.3 Å². The lowest BCUT2D eigenvalue weighted by Gasteiger charge is -2.15. The summed E-state index contributed by atoms with van der Waals surface area (Å²) in [6, 6.07) is 8.61. The van der Waals surface area contributed by atoms with Gasteiger partial charge in [-0.25, -0.2) is 14.2 Å². The summed E-state index contributed by atoms with van der Waals surface area (Å²) in [5.74, 6) is -5.81. The van der Waals surface area contributed by atoms with E-state index in [2.05, 4.69) is 42.3 Å². The average Bonchev–Trinajstić information content (AvgIpc) is 3.34. The van der Waals surface area contributed by atoms with E-state index in [1.807, 2.05) is 0 Å². The number of benzene rings is 2. The Morgan fingerprint density at radius 2 is 1.67 bits per heavy atom. The first-order valence-electron chi connectivity index (χ1n) is 11.8. The van der Waals surface area contributed by atoms with Gasteiger partial charge in [0.15, 0.2) is 11.6 Å². The Morgan fingerprint density at radius 1 is 0.977 bits per heavy atom. The highest BCUT2D eigenvalue weighted by Gasteiger charge is 2.42. The zero-order valence-corrected chi connectivity index (χ0v) is 21.6. The number of amides is 1. The fraction of sp³-hybridized carbons (Fsp3) is 0.115. The number of anilines is 5. The van der Waals surface area contributed by atoms with Crippen molar-refractivity contribution < 1.29 is 45.1 Å². The molecule has 4 aromatic rings. The highest BCUT2D eigenvalue weighted by atomic mass is 19.4. The van der Waals surface area contributed by atoms with Crippen LogP contribution in [0, 0.1) is 5.82 Å². The fourth-order valence-corrected chi connectivity index (χ4v) is 3.43. The van der Waals surface area contributed by atoms with Crippen LogP contribution in [-0.4, -0.2) is 37.8 Å². The van der Waals surface area contributed by atoms with Crippen molar-refractivity contribution in [1.82, 2.24) is 19.7 Å². The molecule has 0 atom stereocenters. The minimum Gasteiger partial charge on any atom is -0.415 e. The summed E-state index contributed by atoms with van der Waals surface area (Å²) < 4.78 is 96.7. The van der Waals surface area contributed by atoms with Crippen LogP contribution in [0.15, 0.2) is 73.3 Å². The third kappa shape index (κ3) is 7.63. The van der Waals surface area contributed by atoms with Gasteiger partial charge in [0.05, 0.1) is 11.3 Å². The summed E-state index contributed by atoms with van der Waals surface area (Å²) in [7, 11) is 1.66. The second-order valence-corrected chi connectivity index (χ2v) is 8.61. The summed E-state index contributed by atoms with van der Waals surface area (Å²) in [5.41, 5.74) is -0.993. The van der Waals surface area contributed by atoms with Crippen molar-refractivity contribution >= 4 is 40.8 Å². The molecule has 2 heterocycles. The number of alkyl halides is 6. The molecule has 3 N–H and O–H groups in total. The van der Waals surface area contributed by atoms with E-state index >= 15 is 0 Å². The van der Waals surface area contributed by atoms with Gasteiger partial charge in [0.2, 0.25) is 5.95 Å². The number of carbonyl (C=O) groups excluding carboxylic acids is 2. The number of nitrogens with one attached hydrogen (secondary N) is 3. The van der Waals surface area contributed by atoms with Crippen molar-refractivity contribution in [2.45, 2.75) is 12.4 Å².